The van der Waals surface area contributed by atoms with E-state index in [1.807, 2.05) is 12.1 Å². The first-order chi connectivity index (χ1) is 8.24. The van der Waals surface area contributed by atoms with E-state index in [-0.39, 0.29) is 5.78 Å². The summed E-state index contributed by atoms with van der Waals surface area (Å²) in [6.45, 7) is 2.45. The van der Waals surface area contributed by atoms with Crippen molar-refractivity contribution in [1.29, 1.82) is 0 Å². The molecule has 2 N–H and O–H groups in total. The van der Waals surface area contributed by atoms with Gasteiger partial charge in [0.05, 0.1) is 6.54 Å². The van der Waals surface area contributed by atoms with Crippen molar-refractivity contribution in [2.24, 2.45) is 5.73 Å². The van der Waals surface area contributed by atoms with Crippen LogP contribution in [0.25, 0.3) is 0 Å². The maximum Gasteiger partial charge on any atom is 0.151 e. The lowest BCUT2D eigenvalue weighted by atomic mass is 10.0. The first kappa shape index (κ1) is 12.2. The van der Waals surface area contributed by atoms with Crippen LogP contribution in [0.4, 0.5) is 0 Å². The van der Waals surface area contributed by atoms with Crippen LogP contribution in [0.1, 0.15) is 18.4 Å². The van der Waals surface area contributed by atoms with E-state index in [0.717, 1.165) is 31.5 Å². The minimum Gasteiger partial charge on any atom is -0.328 e. The normalized spacial score (nSPS) is 18.2. The van der Waals surface area contributed by atoms with E-state index in [0.29, 0.717) is 19.0 Å². The van der Waals surface area contributed by atoms with Crippen LogP contribution in [-0.2, 0) is 11.2 Å². The van der Waals surface area contributed by atoms with Crippen LogP contribution < -0.4 is 5.73 Å². The molecule has 1 aliphatic heterocycles. The molecule has 1 aromatic heterocycles. The number of hydrogen-bond acceptors (Lipinski definition) is 4. The Balaban J connectivity index is 1.78. The molecule has 2 rings (SSSR count). The van der Waals surface area contributed by atoms with E-state index >= 15 is 0 Å². The predicted octanol–water partition coefficient (Wildman–Crippen LogP) is 0.616. The molecule has 0 spiro atoms. The van der Waals surface area contributed by atoms with Gasteiger partial charge in [0.25, 0.3) is 0 Å². The summed E-state index contributed by atoms with van der Waals surface area (Å²) in [5.41, 5.74) is 6.87. The maximum atomic E-state index is 11.9. The molecule has 4 heteroatoms. The zero-order valence-electron chi connectivity index (χ0n) is 10.0. The van der Waals surface area contributed by atoms with Crippen molar-refractivity contribution in [2.45, 2.75) is 25.3 Å². The van der Waals surface area contributed by atoms with Crippen LogP contribution in [0.2, 0.25) is 0 Å². The fourth-order valence-corrected chi connectivity index (χ4v) is 2.14. The minimum atomic E-state index is 0.270. The van der Waals surface area contributed by atoms with Gasteiger partial charge in [-0.1, -0.05) is 0 Å². The third-order valence-electron chi connectivity index (χ3n) is 3.18. The summed E-state index contributed by atoms with van der Waals surface area (Å²) in [6, 6.07) is 4.11. The van der Waals surface area contributed by atoms with Crippen LogP contribution in [0.5, 0.6) is 0 Å². The van der Waals surface area contributed by atoms with Gasteiger partial charge in [-0.3, -0.25) is 14.7 Å². The molecule has 1 aliphatic rings. The van der Waals surface area contributed by atoms with Gasteiger partial charge in [0.2, 0.25) is 0 Å². The lowest BCUT2D eigenvalue weighted by Gasteiger charge is -2.29. The second-order valence-electron chi connectivity index (χ2n) is 4.68. The Morgan fingerprint density at radius 2 is 2.00 bits per heavy atom. The lowest BCUT2D eigenvalue weighted by molar-refractivity contribution is -0.119. The number of ketones is 1. The molecule has 0 aliphatic carbocycles. The Kier molecular flexibility index (Phi) is 4.23. The number of rotatable bonds is 4. The van der Waals surface area contributed by atoms with E-state index in [1.165, 1.54) is 0 Å². The monoisotopic (exact) mass is 233 g/mol. The molecule has 1 aromatic rings. The van der Waals surface area contributed by atoms with Crippen molar-refractivity contribution >= 4 is 5.78 Å². The van der Waals surface area contributed by atoms with E-state index in [1.54, 1.807) is 12.4 Å². The highest BCUT2D eigenvalue weighted by Crippen LogP contribution is 2.08. The van der Waals surface area contributed by atoms with Gasteiger partial charge in [-0.15, -0.1) is 0 Å². The molecule has 0 atom stereocenters. The second-order valence-corrected chi connectivity index (χ2v) is 4.68. The highest BCUT2D eigenvalue weighted by molar-refractivity contribution is 5.82. The van der Waals surface area contributed by atoms with E-state index in [2.05, 4.69) is 9.88 Å². The summed E-state index contributed by atoms with van der Waals surface area (Å²) >= 11 is 0. The molecule has 0 bridgehead atoms. The van der Waals surface area contributed by atoms with Crippen LogP contribution in [-0.4, -0.2) is 41.3 Å². The third-order valence-corrected chi connectivity index (χ3v) is 3.18. The van der Waals surface area contributed by atoms with Gasteiger partial charge in [-0.05, 0) is 30.5 Å². The number of Topliss-reactive ketones (excluding diaryl/α,β-unsaturated/α-hetero) is 1. The number of carbonyl (C=O) groups is 1. The van der Waals surface area contributed by atoms with Crippen molar-refractivity contribution in [3.8, 4) is 0 Å². The fourth-order valence-electron chi connectivity index (χ4n) is 2.14. The molecule has 2 heterocycles. The average Bonchev–Trinajstić information content (AvgIpc) is 2.33. The highest BCUT2D eigenvalue weighted by atomic mass is 16.1. The molecule has 0 unspecified atom stereocenters. The average molecular weight is 233 g/mol. The Labute approximate surface area is 102 Å². The largest absolute Gasteiger partial charge is 0.328 e. The molecule has 0 aromatic carbocycles. The predicted molar refractivity (Wildman–Crippen MR) is 66.6 cm³/mol. The zero-order chi connectivity index (χ0) is 12.1. The van der Waals surface area contributed by atoms with E-state index in [4.69, 9.17) is 5.73 Å². The van der Waals surface area contributed by atoms with Crippen molar-refractivity contribution in [3.05, 3.63) is 30.1 Å². The van der Waals surface area contributed by atoms with Gasteiger partial charge in [-0.2, -0.15) is 0 Å². The summed E-state index contributed by atoms with van der Waals surface area (Å²) in [5.74, 6) is 0.270. The number of likely N-dealkylation sites (tertiary alicyclic amines) is 1. The third kappa shape index (κ3) is 3.91. The lowest BCUT2D eigenvalue weighted by Crippen LogP contribution is -2.42. The Morgan fingerprint density at radius 1 is 1.35 bits per heavy atom. The number of carbonyl (C=O) groups excluding carboxylic acids is 1. The first-order valence-corrected chi connectivity index (χ1v) is 6.12. The number of pyridine rings is 1. The van der Waals surface area contributed by atoms with E-state index < -0.39 is 0 Å². The molecular formula is C13H19N3O. The molecule has 0 saturated carbocycles. The molecule has 0 radical (unpaired) electrons. The molecule has 1 saturated heterocycles. The van der Waals surface area contributed by atoms with E-state index in [9.17, 15) is 4.79 Å². The first-order valence-electron chi connectivity index (χ1n) is 6.12. The van der Waals surface area contributed by atoms with Gasteiger partial charge < -0.3 is 5.73 Å². The molecule has 92 valence electrons. The summed E-state index contributed by atoms with van der Waals surface area (Å²) in [6.07, 6.45) is 5.96. The van der Waals surface area contributed by atoms with Crippen LogP contribution in [0.15, 0.2) is 24.5 Å². The van der Waals surface area contributed by atoms with Gasteiger partial charge in [-0.25, -0.2) is 0 Å². The number of piperidine rings is 1. The molecular weight excluding hydrogens is 214 g/mol. The maximum absolute atomic E-state index is 11.9. The van der Waals surface area contributed by atoms with Gasteiger partial charge in [0.15, 0.2) is 5.78 Å². The smallest absolute Gasteiger partial charge is 0.151 e. The summed E-state index contributed by atoms with van der Waals surface area (Å²) in [5, 5.41) is 0. The van der Waals surface area contributed by atoms with Crippen LogP contribution >= 0.6 is 0 Å². The standard InChI is InChI=1S/C13H19N3O/c14-12-3-7-16(8-4-12)10-13(17)9-11-1-5-15-6-2-11/h1-2,5-6,12H,3-4,7-10,14H2. The van der Waals surface area contributed by atoms with Gasteiger partial charge in [0.1, 0.15) is 0 Å². The fraction of sp³-hybridized carbons (Fsp3) is 0.538. The molecule has 17 heavy (non-hydrogen) atoms. The molecule has 1 fully saturated rings. The Hall–Kier alpha value is -1.26. The summed E-state index contributed by atoms with van der Waals surface area (Å²) in [7, 11) is 0. The zero-order valence-corrected chi connectivity index (χ0v) is 10.0. The van der Waals surface area contributed by atoms with Gasteiger partial charge >= 0.3 is 0 Å². The van der Waals surface area contributed by atoms with Crippen molar-refractivity contribution in [1.82, 2.24) is 9.88 Å². The summed E-state index contributed by atoms with van der Waals surface area (Å²) in [4.78, 5) is 18.0. The minimum absolute atomic E-state index is 0.270. The van der Waals surface area contributed by atoms with Crippen LogP contribution in [0.3, 0.4) is 0 Å². The summed E-state index contributed by atoms with van der Waals surface area (Å²) < 4.78 is 0. The number of hydrogen-bond donors (Lipinski definition) is 1. The van der Waals surface area contributed by atoms with Crippen molar-refractivity contribution in [2.75, 3.05) is 19.6 Å². The Morgan fingerprint density at radius 3 is 2.65 bits per heavy atom. The quantitative estimate of drug-likeness (QED) is 0.828. The highest BCUT2D eigenvalue weighted by Gasteiger charge is 2.18. The number of aromatic nitrogens is 1. The Bertz CT molecular complexity index is 358. The topological polar surface area (TPSA) is 59.2 Å². The number of nitrogens with two attached hydrogens (primary N) is 1. The second kappa shape index (κ2) is 5.89. The van der Waals surface area contributed by atoms with Crippen molar-refractivity contribution < 1.29 is 4.79 Å². The molecule has 4 nitrogen and oxygen atoms in total. The number of nitrogens with zero attached hydrogens (tertiary/aromatic N) is 2. The van der Waals surface area contributed by atoms with Crippen molar-refractivity contribution in [3.63, 3.8) is 0 Å². The molecule has 0 amide bonds. The van der Waals surface area contributed by atoms with Gasteiger partial charge in [0, 0.05) is 37.9 Å². The van der Waals surface area contributed by atoms with Crippen LogP contribution in [0, 0.1) is 0 Å². The SMILES string of the molecule is NC1CCN(CC(=O)Cc2ccncc2)CC1.